The molecule has 0 aliphatic heterocycles. The quantitative estimate of drug-likeness (QED) is 0.238. The lowest BCUT2D eigenvalue weighted by Crippen LogP contribution is -2.19. The normalized spacial score (nSPS) is 10.8. The molecule has 8 nitrogen and oxygen atoms in total. The van der Waals surface area contributed by atoms with Crippen LogP contribution in [-0.2, 0) is 17.8 Å². The van der Waals surface area contributed by atoms with Crippen molar-refractivity contribution in [2.45, 2.75) is 20.0 Å². The first kappa shape index (κ1) is 25.0. The van der Waals surface area contributed by atoms with Crippen molar-refractivity contribution in [3.05, 3.63) is 105 Å². The second kappa shape index (κ2) is 12.1. The Morgan fingerprint density at radius 3 is 2.61 bits per heavy atom. The summed E-state index contributed by atoms with van der Waals surface area (Å²) in [7, 11) is 0. The van der Waals surface area contributed by atoms with Crippen LogP contribution in [0.15, 0.2) is 77.9 Å². The Labute approximate surface area is 217 Å². The molecule has 10 heteroatoms. The van der Waals surface area contributed by atoms with E-state index in [9.17, 15) is 9.59 Å². The van der Waals surface area contributed by atoms with Gasteiger partial charge in [-0.05, 0) is 36.8 Å². The van der Waals surface area contributed by atoms with Gasteiger partial charge >= 0.3 is 0 Å². The Kier molecular flexibility index (Phi) is 8.38. The Morgan fingerprint density at radius 2 is 1.78 bits per heavy atom. The highest BCUT2D eigenvalue weighted by Gasteiger charge is 2.13. The number of nitrogens with zero attached hydrogens (tertiary/aromatic N) is 3. The molecule has 0 saturated carbocycles. The van der Waals surface area contributed by atoms with Gasteiger partial charge < -0.3 is 4.74 Å². The topological polar surface area (TPSA) is 106 Å². The molecule has 0 aliphatic rings. The largest absolute Gasteiger partial charge is 0.488 e. The number of carbonyl (C=O) groups excluding carboxylic acids is 2. The fourth-order valence-electron chi connectivity index (χ4n) is 3.21. The first-order chi connectivity index (χ1) is 17.5. The van der Waals surface area contributed by atoms with Gasteiger partial charge in [0, 0.05) is 21.7 Å². The fourth-order valence-corrected chi connectivity index (χ4v) is 4.13. The summed E-state index contributed by atoms with van der Waals surface area (Å²) in [6, 6.07) is 22.0. The van der Waals surface area contributed by atoms with Gasteiger partial charge in [-0.15, -0.1) is 10.2 Å². The number of para-hydroxylation sites is 1. The summed E-state index contributed by atoms with van der Waals surface area (Å²) >= 11 is 7.32. The van der Waals surface area contributed by atoms with Gasteiger partial charge in [0.15, 0.2) is 0 Å². The van der Waals surface area contributed by atoms with Crippen molar-refractivity contribution in [1.82, 2.24) is 15.6 Å². The van der Waals surface area contributed by atoms with E-state index in [-0.39, 0.29) is 18.2 Å². The second-order valence-electron chi connectivity index (χ2n) is 7.66. The zero-order valence-corrected chi connectivity index (χ0v) is 20.8. The molecule has 182 valence electrons. The molecule has 2 N–H and O–H groups in total. The van der Waals surface area contributed by atoms with Crippen LogP contribution in [0.3, 0.4) is 0 Å². The van der Waals surface area contributed by atoms with Crippen LogP contribution in [0.4, 0.5) is 5.13 Å². The SMILES string of the molecule is Cc1ccccc1C(=O)Nc1nnc(CC(=O)N/N=C\c2ccccc2OCc2ccccc2Cl)s1. The molecule has 3 aromatic carbocycles. The van der Waals surface area contributed by atoms with E-state index < -0.39 is 0 Å². The molecule has 1 aromatic heterocycles. The van der Waals surface area contributed by atoms with Crippen molar-refractivity contribution in [2.24, 2.45) is 5.10 Å². The van der Waals surface area contributed by atoms with Gasteiger partial charge in [-0.25, -0.2) is 5.43 Å². The highest BCUT2D eigenvalue weighted by atomic mass is 35.5. The minimum absolute atomic E-state index is 0.0279. The molecule has 1 heterocycles. The monoisotopic (exact) mass is 519 g/mol. The van der Waals surface area contributed by atoms with Gasteiger partial charge in [-0.1, -0.05) is 71.5 Å². The van der Waals surface area contributed by atoms with Crippen molar-refractivity contribution in [3.63, 3.8) is 0 Å². The van der Waals surface area contributed by atoms with Crippen molar-refractivity contribution >= 4 is 46.1 Å². The van der Waals surface area contributed by atoms with E-state index in [0.29, 0.717) is 38.6 Å². The van der Waals surface area contributed by atoms with Gasteiger partial charge in [0.25, 0.3) is 5.91 Å². The van der Waals surface area contributed by atoms with Gasteiger partial charge in [0.2, 0.25) is 11.0 Å². The average molecular weight is 520 g/mol. The second-order valence-corrected chi connectivity index (χ2v) is 9.13. The van der Waals surface area contributed by atoms with Gasteiger partial charge in [-0.2, -0.15) is 5.10 Å². The van der Waals surface area contributed by atoms with Crippen LogP contribution in [0.2, 0.25) is 5.02 Å². The van der Waals surface area contributed by atoms with Crippen molar-refractivity contribution in [1.29, 1.82) is 0 Å². The number of anilines is 1. The summed E-state index contributed by atoms with van der Waals surface area (Å²) < 4.78 is 5.89. The highest BCUT2D eigenvalue weighted by Crippen LogP contribution is 2.21. The molecule has 0 atom stereocenters. The first-order valence-electron chi connectivity index (χ1n) is 11.0. The number of carbonyl (C=O) groups is 2. The van der Waals surface area contributed by atoms with E-state index in [1.807, 2.05) is 67.6 Å². The number of hydrazone groups is 1. The van der Waals surface area contributed by atoms with Gasteiger partial charge in [0.05, 0.1) is 12.6 Å². The van der Waals surface area contributed by atoms with Crippen molar-refractivity contribution < 1.29 is 14.3 Å². The van der Waals surface area contributed by atoms with E-state index in [4.69, 9.17) is 16.3 Å². The summed E-state index contributed by atoms with van der Waals surface area (Å²) in [5.74, 6) is -0.0394. The maximum atomic E-state index is 12.4. The van der Waals surface area contributed by atoms with Crippen LogP contribution in [-0.4, -0.2) is 28.2 Å². The van der Waals surface area contributed by atoms with Crippen molar-refractivity contribution in [3.8, 4) is 5.75 Å². The number of hydrogen-bond donors (Lipinski definition) is 2. The summed E-state index contributed by atoms with van der Waals surface area (Å²) in [6.45, 7) is 2.16. The molecular formula is C26H22ClN5O3S. The smallest absolute Gasteiger partial charge is 0.257 e. The zero-order chi connectivity index (χ0) is 25.3. The molecule has 0 saturated heterocycles. The van der Waals surface area contributed by atoms with Crippen molar-refractivity contribution in [2.75, 3.05) is 5.32 Å². The minimum atomic E-state index is -0.367. The lowest BCUT2D eigenvalue weighted by molar-refractivity contribution is -0.120. The molecule has 0 spiro atoms. The first-order valence-corrected chi connectivity index (χ1v) is 12.2. The number of halogens is 1. The molecule has 2 amide bonds. The van der Waals surface area contributed by atoms with E-state index >= 15 is 0 Å². The predicted octanol–water partition coefficient (Wildman–Crippen LogP) is 5.02. The third kappa shape index (κ3) is 6.74. The lowest BCUT2D eigenvalue weighted by Gasteiger charge is -2.10. The molecule has 0 unspecified atom stereocenters. The number of benzene rings is 3. The molecule has 36 heavy (non-hydrogen) atoms. The van der Waals surface area contributed by atoms with Gasteiger partial charge in [0.1, 0.15) is 17.4 Å². The van der Waals surface area contributed by atoms with E-state index in [1.54, 1.807) is 12.1 Å². The molecule has 0 bridgehead atoms. The molecule has 0 aliphatic carbocycles. The number of amides is 2. The van der Waals surface area contributed by atoms with E-state index in [1.165, 1.54) is 6.21 Å². The highest BCUT2D eigenvalue weighted by molar-refractivity contribution is 7.15. The number of rotatable bonds is 9. The predicted molar refractivity (Wildman–Crippen MR) is 141 cm³/mol. The van der Waals surface area contributed by atoms with Gasteiger partial charge in [-0.3, -0.25) is 14.9 Å². The number of nitrogens with one attached hydrogen (secondary N) is 2. The van der Waals surface area contributed by atoms with Crippen LogP contribution in [0, 0.1) is 6.92 Å². The third-order valence-corrected chi connectivity index (χ3v) is 6.25. The minimum Gasteiger partial charge on any atom is -0.488 e. The third-order valence-electron chi connectivity index (χ3n) is 5.04. The molecule has 0 radical (unpaired) electrons. The molecule has 4 rings (SSSR count). The Bertz CT molecular complexity index is 1410. The fraction of sp³-hybridized carbons (Fsp3) is 0.115. The van der Waals surface area contributed by atoms with Crippen LogP contribution in [0.1, 0.15) is 32.1 Å². The molecular weight excluding hydrogens is 498 g/mol. The summed E-state index contributed by atoms with van der Waals surface area (Å²) in [6.07, 6.45) is 1.48. The molecule has 0 fully saturated rings. The van der Waals surface area contributed by atoms with Crippen LogP contribution < -0.4 is 15.5 Å². The van der Waals surface area contributed by atoms with Crippen LogP contribution in [0.5, 0.6) is 5.75 Å². The number of hydrogen-bond acceptors (Lipinski definition) is 7. The summed E-state index contributed by atoms with van der Waals surface area (Å²) in [5.41, 5.74) is 5.45. The number of aromatic nitrogens is 2. The summed E-state index contributed by atoms with van der Waals surface area (Å²) in [4.78, 5) is 24.7. The zero-order valence-electron chi connectivity index (χ0n) is 19.3. The lowest BCUT2D eigenvalue weighted by atomic mass is 10.1. The number of aryl methyl sites for hydroxylation is 1. The Hall–Kier alpha value is -4.08. The van der Waals surface area contributed by atoms with E-state index in [0.717, 1.165) is 22.5 Å². The Morgan fingerprint density at radius 1 is 1.03 bits per heavy atom. The number of ether oxygens (including phenoxy) is 1. The maximum Gasteiger partial charge on any atom is 0.257 e. The standard InChI is InChI=1S/C26H22ClN5O3S/c1-17-8-2-5-11-20(17)25(34)29-26-32-31-24(36-26)14-23(33)30-28-15-18-9-4-7-13-22(18)35-16-19-10-3-6-12-21(19)27/h2-13,15H,14,16H2,1H3,(H,30,33)(H,29,32,34)/b28-15-. The average Bonchev–Trinajstić information content (AvgIpc) is 3.30. The maximum absolute atomic E-state index is 12.4. The van der Waals surface area contributed by atoms with Crippen LogP contribution in [0.25, 0.3) is 0 Å². The summed E-state index contributed by atoms with van der Waals surface area (Å²) in [5, 5.41) is 16.1. The molecule has 4 aromatic rings. The van der Waals surface area contributed by atoms with Crippen LogP contribution >= 0.6 is 22.9 Å². The Balaban J connectivity index is 1.30. The van der Waals surface area contributed by atoms with E-state index in [2.05, 4.69) is 26.0 Å².